The van der Waals surface area contributed by atoms with E-state index in [2.05, 4.69) is 9.88 Å². The molecule has 1 aromatic rings. The normalized spacial score (nSPS) is 17.7. The van der Waals surface area contributed by atoms with Crippen LogP contribution < -0.4 is 10.6 Å². The molecule has 2 heterocycles. The van der Waals surface area contributed by atoms with E-state index in [4.69, 9.17) is 10.5 Å². The molecule has 0 saturated carbocycles. The maximum atomic E-state index is 5.73. The molecule has 4 nitrogen and oxygen atoms in total. The summed E-state index contributed by atoms with van der Waals surface area (Å²) < 4.78 is 5.19. The van der Waals surface area contributed by atoms with Crippen LogP contribution in [0, 0.1) is 5.92 Å². The van der Waals surface area contributed by atoms with Crippen LogP contribution >= 0.6 is 0 Å². The average molecular weight is 221 g/mol. The molecule has 0 amide bonds. The Hall–Kier alpha value is -1.29. The first-order valence-electron chi connectivity index (χ1n) is 5.74. The Labute approximate surface area is 96.4 Å². The van der Waals surface area contributed by atoms with Crippen molar-refractivity contribution in [1.29, 1.82) is 0 Å². The number of methoxy groups -OCH3 is 1. The van der Waals surface area contributed by atoms with Crippen LogP contribution in [-0.2, 0) is 4.74 Å². The monoisotopic (exact) mass is 221 g/mol. The molecule has 4 heteroatoms. The molecule has 1 fully saturated rings. The first kappa shape index (κ1) is 11.2. The minimum atomic E-state index is 0.704. The summed E-state index contributed by atoms with van der Waals surface area (Å²) >= 11 is 0. The van der Waals surface area contributed by atoms with Crippen molar-refractivity contribution in [1.82, 2.24) is 4.98 Å². The Morgan fingerprint density at radius 1 is 1.44 bits per heavy atom. The molecule has 1 aliphatic heterocycles. The second kappa shape index (κ2) is 5.16. The summed E-state index contributed by atoms with van der Waals surface area (Å²) in [6.07, 6.45) is 5.93. The van der Waals surface area contributed by atoms with E-state index in [1.54, 1.807) is 13.3 Å². The Kier molecular flexibility index (Phi) is 3.62. The van der Waals surface area contributed by atoms with Gasteiger partial charge in [-0.15, -0.1) is 0 Å². The van der Waals surface area contributed by atoms with Gasteiger partial charge in [-0.1, -0.05) is 0 Å². The molecule has 1 aromatic heterocycles. The zero-order chi connectivity index (χ0) is 11.4. The van der Waals surface area contributed by atoms with Gasteiger partial charge in [0.25, 0.3) is 0 Å². The fourth-order valence-corrected chi connectivity index (χ4v) is 2.21. The van der Waals surface area contributed by atoms with Crippen LogP contribution in [0.5, 0.6) is 0 Å². The van der Waals surface area contributed by atoms with Gasteiger partial charge in [-0.25, -0.2) is 0 Å². The van der Waals surface area contributed by atoms with Gasteiger partial charge >= 0.3 is 0 Å². The average Bonchev–Trinajstić information content (AvgIpc) is 2.30. The number of hydrogen-bond acceptors (Lipinski definition) is 4. The molecule has 16 heavy (non-hydrogen) atoms. The van der Waals surface area contributed by atoms with E-state index in [9.17, 15) is 0 Å². The highest BCUT2D eigenvalue weighted by Crippen LogP contribution is 2.23. The smallest absolute Gasteiger partial charge is 0.0573 e. The summed E-state index contributed by atoms with van der Waals surface area (Å²) in [5.74, 6) is 0.704. The number of nitrogen functional groups attached to an aromatic ring is 1. The van der Waals surface area contributed by atoms with Crippen LogP contribution in [0.2, 0.25) is 0 Å². The van der Waals surface area contributed by atoms with Gasteiger partial charge in [-0.2, -0.15) is 0 Å². The summed E-state index contributed by atoms with van der Waals surface area (Å²) in [7, 11) is 1.77. The van der Waals surface area contributed by atoms with Crippen molar-refractivity contribution in [2.75, 3.05) is 37.4 Å². The number of nitrogens with zero attached hydrogens (tertiary/aromatic N) is 2. The summed E-state index contributed by atoms with van der Waals surface area (Å²) in [4.78, 5) is 6.47. The Bertz CT molecular complexity index is 335. The minimum absolute atomic E-state index is 0.704. The van der Waals surface area contributed by atoms with E-state index in [0.29, 0.717) is 5.92 Å². The van der Waals surface area contributed by atoms with Crippen LogP contribution in [0.25, 0.3) is 0 Å². The third-order valence-electron chi connectivity index (χ3n) is 3.13. The second-order valence-corrected chi connectivity index (χ2v) is 4.36. The van der Waals surface area contributed by atoms with E-state index in [0.717, 1.165) is 31.1 Å². The Balaban J connectivity index is 1.94. The lowest BCUT2D eigenvalue weighted by atomic mass is 9.97. The van der Waals surface area contributed by atoms with Gasteiger partial charge < -0.3 is 15.4 Å². The summed E-state index contributed by atoms with van der Waals surface area (Å²) in [5, 5.41) is 0. The molecular weight excluding hydrogens is 202 g/mol. The molecule has 1 aliphatic rings. The zero-order valence-electron chi connectivity index (χ0n) is 9.72. The fourth-order valence-electron chi connectivity index (χ4n) is 2.21. The number of anilines is 2. The van der Waals surface area contributed by atoms with E-state index < -0.39 is 0 Å². The van der Waals surface area contributed by atoms with Crippen LogP contribution in [0.1, 0.15) is 12.8 Å². The molecule has 1 saturated heterocycles. The van der Waals surface area contributed by atoms with E-state index in [-0.39, 0.29) is 0 Å². The second-order valence-electron chi connectivity index (χ2n) is 4.36. The molecule has 0 aliphatic carbocycles. The molecule has 2 rings (SSSR count). The largest absolute Gasteiger partial charge is 0.397 e. The van der Waals surface area contributed by atoms with Crippen molar-refractivity contribution in [2.24, 2.45) is 5.92 Å². The van der Waals surface area contributed by atoms with Crippen LogP contribution in [0.4, 0.5) is 11.4 Å². The van der Waals surface area contributed by atoms with Crippen LogP contribution in [0.3, 0.4) is 0 Å². The summed E-state index contributed by atoms with van der Waals surface area (Å²) in [6.45, 7) is 3.02. The van der Waals surface area contributed by atoms with Gasteiger partial charge in [0, 0.05) is 33.0 Å². The third kappa shape index (κ3) is 2.64. The standard InChI is InChI=1S/C12H19N3O/c1-16-9-10-2-4-15(5-3-10)12-6-11(13)7-14-8-12/h6-8,10H,2-5,9,13H2,1H3. The van der Waals surface area contributed by atoms with Gasteiger partial charge in [0.15, 0.2) is 0 Å². The predicted molar refractivity (Wildman–Crippen MR) is 65.5 cm³/mol. The van der Waals surface area contributed by atoms with Gasteiger partial charge in [0.2, 0.25) is 0 Å². The van der Waals surface area contributed by atoms with Crippen LogP contribution in [0.15, 0.2) is 18.5 Å². The maximum absolute atomic E-state index is 5.73. The van der Waals surface area contributed by atoms with Crippen LogP contribution in [-0.4, -0.2) is 31.8 Å². The van der Waals surface area contributed by atoms with Crippen molar-refractivity contribution < 1.29 is 4.74 Å². The van der Waals surface area contributed by atoms with Gasteiger partial charge in [0.1, 0.15) is 0 Å². The number of rotatable bonds is 3. The molecule has 2 N–H and O–H groups in total. The number of ether oxygens (including phenoxy) is 1. The predicted octanol–water partition coefficient (Wildman–Crippen LogP) is 1.53. The molecule has 0 radical (unpaired) electrons. The molecule has 0 unspecified atom stereocenters. The quantitative estimate of drug-likeness (QED) is 0.841. The number of piperidine rings is 1. The van der Waals surface area contributed by atoms with Gasteiger partial charge in [0.05, 0.1) is 17.6 Å². The topological polar surface area (TPSA) is 51.4 Å². The molecule has 88 valence electrons. The molecule has 0 atom stereocenters. The van der Waals surface area contributed by atoms with Crippen molar-refractivity contribution in [3.63, 3.8) is 0 Å². The summed E-state index contributed by atoms with van der Waals surface area (Å²) in [5.41, 5.74) is 7.60. The highest BCUT2D eigenvalue weighted by Gasteiger charge is 2.19. The lowest BCUT2D eigenvalue weighted by Gasteiger charge is -2.33. The minimum Gasteiger partial charge on any atom is -0.397 e. The van der Waals surface area contributed by atoms with E-state index in [1.165, 1.54) is 12.8 Å². The number of hydrogen-bond donors (Lipinski definition) is 1. The fraction of sp³-hybridized carbons (Fsp3) is 0.583. The lowest BCUT2D eigenvalue weighted by Crippen LogP contribution is -2.35. The van der Waals surface area contributed by atoms with E-state index >= 15 is 0 Å². The summed E-state index contributed by atoms with van der Waals surface area (Å²) in [6, 6.07) is 1.99. The molecule has 0 bridgehead atoms. The Morgan fingerprint density at radius 2 is 2.19 bits per heavy atom. The highest BCUT2D eigenvalue weighted by molar-refractivity contribution is 5.53. The third-order valence-corrected chi connectivity index (χ3v) is 3.13. The first-order valence-corrected chi connectivity index (χ1v) is 5.74. The lowest BCUT2D eigenvalue weighted by molar-refractivity contribution is 0.139. The maximum Gasteiger partial charge on any atom is 0.0573 e. The first-order chi connectivity index (χ1) is 7.79. The van der Waals surface area contributed by atoms with Crippen molar-refractivity contribution in [3.05, 3.63) is 18.5 Å². The van der Waals surface area contributed by atoms with Crippen molar-refractivity contribution in [2.45, 2.75) is 12.8 Å². The zero-order valence-corrected chi connectivity index (χ0v) is 9.72. The van der Waals surface area contributed by atoms with E-state index in [1.807, 2.05) is 12.3 Å². The molecule has 0 spiro atoms. The molecular formula is C12H19N3O. The Morgan fingerprint density at radius 3 is 2.81 bits per heavy atom. The van der Waals surface area contributed by atoms with Gasteiger partial charge in [-0.05, 0) is 24.8 Å². The number of nitrogens with two attached hydrogens (primary N) is 1. The van der Waals surface area contributed by atoms with Crippen molar-refractivity contribution >= 4 is 11.4 Å². The molecule has 0 aromatic carbocycles. The SMILES string of the molecule is COCC1CCN(c2cncc(N)c2)CC1. The highest BCUT2D eigenvalue weighted by atomic mass is 16.5. The number of aromatic nitrogens is 1. The van der Waals surface area contributed by atoms with Gasteiger partial charge in [-0.3, -0.25) is 4.98 Å². The number of pyridine rings is 1. The van der Waals surface area contributed by atoms with Crippen molar-refractivity contribution in [3.8, 4) is 0 Å².